The van der Waals surface area contributed by atoms with Crippen LogP contribution in [-0.4, -0.2) is 18.5 Å². The minimum atomic E-state index is 0. The fraction of sp³-hybridized carbons (Fsp3) is 0.333. The van der Waals surface area contributed by atoms with Gasteiger partial charge in [0.1, 0.15) is 0 Å². The Balaban J connectivity index is 0.00000169. The van der Waals surface area contributed by atoms with Crippen molar-refractivity contribution in [2.75, 3.05) is 13.6 Å². The van der Waals surface area contributed by atoms with Gasteiger partial charge in [-0.05, 0) is 19.5 Å². The summed E-state index contributed by atoms with van der Waals surface area (Å²) in [5, 5.41) is 0. The van der Waals surface area contributed by atoms with Crippen molar-refractivity contribution >= 4 is 0 Å². The minimum absolute atomic E-state index is 0. The van der Waals surface area contributed by atoms with Crippen LogP contribution in [0.15, 0.2) is 30.3 Å². The average Bonchev–Trinajstić information content (AvgIpc) is 2.18. The van der Waals surface area contributed by atoms with Crippen LogP contribution < -0.4 is 12.4 Å². The number of terminal acetylenes is 1. The van der Waals surface area contributed by atoms with E-state index in [2.05, 4.69) is 42.0 Å². The largest absolute Gasteiger partial charge is 1.00 e. The third kappa shape index (κ3) is 3.41. The first-order valence-corrected chi connectivity index (χ1v) is 4.44. The van der Waals surface area contributed by atoms with E-state index in [1.54, 1.807) is 0 Å². The molecule has 14 heavy (non-hydrogen) atoms. The normalized spacial score (nSPS) is 11.6. The molecule has 0 aliphatic carbocycles. The quantitative estimate of drug-likeness (QED) is 0.595. The molecule has 0 amide bonds. The van der Waals surface area contributed by atoms with Gasteiger partial charge < -0.3 is 12.4 Å². The molecule has 2 heteroatoms. The molecule has 0 saturated heterocycles. The van der Waals surface area contributed by atoms with Gasteiger partial charge in [0.2, 0.25) is 0 Å². The maximum atomic E-state index is 5.25. The lowest BCUT2D eigenvalue weighted by Gasteiger charge is -2.22. The summed E-state index contributed by atoms with van der Waals surface area (Å²) in [7, 11) is 2.04. The molecule has 0 unspecified atom stereocenters. The van der Waals surface area contributed by atoms with Gasteiger partial charge in [-0.1, -0.05) is 36.3 Å². The van der Waals surface area contributed by atoms with E-state index in [0.717, 1.165) is 0 Å². The molecular weight excluding hydrogens is 194 g/mol. The molecule has 0 bridgehead atoms. The zero-order chi connectivity index (χ0) is 9.68. The van der Waals surface area contributed by atoms with Crippen LogP contribution in [0.1, 0.15) is 18.5 Å². The van der Waals surface area contributed by atoms with Gasteiger partial charge in [0, 0.05) is 6.04 Å². The van der Waals surface area contributed by atoms with Crippen LogP contribution in [0.2, 0.25) is 0 Å². The Morgan fingerprint density at radius 1 is 1.36 bits per heavy atom. The van der Waals surface area contributed by atoms with Crippen molar-refractivity contribution < 1.29 is 12.4 Å². The van der Waals surface area contributed by atoms with Gasteiger partial charge >= 0.3 is 0 Å². The summed E-state index contributed by atoms with van der Waals surface area (Å²) in [5.74, 6) is 2.64. The fourth-order valence-corrected chi connectivity index (χ4v) is 1.27. The molecule has 0 N–H and O–H groups in total. The number of hydrogen-bond donors (Lipinski definition) is 0. The number of rotatable bonds is 3. The lowest BCUT2D eigenvalue weighted by atomic mass is 10.1. The van der Waals surface area contributed by atoms with Crippen LogP contribution in [0.5, 0.6) is 0 Å². The molecule has 0 fully saturated rings. The summed E-state index contributed by atoms with van der Waals surface area (Å²) >= 11 is 0. The molecule has 0 saturated carbocycles. The van der Waals surface area contributed by atoms with Crippen molar-refractivity contribution in [1.29, 1.82) is 0 Å². The Kier molecular flexibility index (Phi) is 6.03. The maximum Gasteiger partial charge on any atom is 0.0601 e. The first-order valence-electron chi connectivity index (χ1n) is 4.44. The maximum absolute atomic E-state index is 5.25. The first kappa shape index (κ1) is 13.0. The molecule has 1 rings (SSSR count). The third-order valence-electron chi connectivity index (χ3n) is 2.28. The monoisotopic (exact) mass is 208 g/mol. The first-order chi connectivity index (χ1) is 6.25. The number of halogens is 1. The minimum Gasteiger partial charge on any atom is -1.00 e. The summed E-state index contributed by atoms with van der Waals surface area (Å²) in [5.41, 5.74) is 1.31. The zero-order valence-electron chi connectivity index (χ0n) is 8.57. The summed E-state index contributed by atoms with van der Waals surface area (Å²) in [6.45, 7) is 2.85. The lowest BCUT2D eigenvalue weighted by Crippen LogP contribution is -3.00. The van der Waals surface area contributed by atoms with E-state index < -0.39 is 0 Å². The van der Waals surface area contributed by atoms with E-state index in [1.165, 1.54) is 5.56 Å². The van der Waals surface area contributed by atoms with Crippen LogP contribution in [-0.2, 0) is 0 Å². The van der Waals surface area contributed by atoms with E-state index >= 15 is 0 Å². The highest BCUT2D eigenvalue weighted by Gasteiger charge is 2.08. The predicted octanol–water partition coefficient (Wildman–Crippen LogP) is -0.683. The highest BCUT2D eigenvalue weighted by atomic mass is 35.5. The van der Waals surface area contributed by atoms with E-state index in [4.69, 9.17) is 6.42 Å². The van der Waals surface area contributed by atoms with Crippen molar-refractivity contribution in [1.82, 2.24) is 4.90 Å². The Morgan fingerprint density at radius 2 is 1.93 bits per heavy atom. The average molecular weight is 209 g/mol. The van der Waals surface area contributed by atoms with Gasteiger partial charge in [-0.15, -0.1) is 6.42 Å². The molecule has 1 aromatic carbocycles. The van der Waals surface area contributed by atoms with E-state index in [0.29, 0.717) is 12.6 Å². The topological polar surface area (TPSA) is 3.24 Å². The second-order valence-electron chi connectivity index (χ2n) is 3.21. The van der Waals surface area contributed by atoms with E-state index in [-0.39, 0.29) is 12.4 Å². The Labute approximate surface area is 92.5 Å². The summed E-state index contributed by atoms with van der Waals surface area (Å²) in [6.07, 6.45) is 5.25. The summed E-state index contributed by atoms with van der Waals surface area (Å²) < 4.78 is 0. The van der Waals surface area contributed by atoms with Crippen LogP contribution in [0, 0.1) is 12.3 Å². The van der Waals surface area contributed by atoms with Crippen LogP contribution >= 0.6 is 0 Å². The Morgan fingerprint density at radius 3 is 2.43 bits per heavy atom. The van der Waals surface area contributed by atoms with E-state index in [1.807, 2.05) is 13.1 Å². The molecule has 76 valence electrons. The predicted molar refractivity (Wildman–Crippen MR) is 56.3 cm³/mol. The van der Waals surface area contributed by atoms with Crippen molar-refractivity contribution in [3.05, 3.63) is 35.9 Å². The smallest absolute Gasteiger partial charge is 0.0601 e. The molecule has 0 radical (unpaired) electrons. The number of benzene rings is 1. The molecule has 0 aromatic heterocycles. The van der Waals surface area contributed by atoms with Gasteiger partial charge in [0.25, 0.3) is 0 Å². The molecular formula is C12H15ClN-. The van der Waals surface area contributed by atoms with Crippen molar-refractivity contribution in [3.8, 4) is 12.3 Å². The molecule has 1 aromatic rings. The Hall–Kier alpha value is -0.970. The van der Waals surface area contributed by atoms with Crippen LogP contribution in [0.25, 0.3) is 0 Å². The van der Waals surface area contributed by atoms with Gasteiger partial charge in [-0.3, -0.25) is 4.90 Å². The summed E-state index contributed by atoms with van der Waals surface area (Å²) in [6, 6.07) is 10.8. The van der Waals surface area contributed by atoms with Gasteiger partial charge in [-0.2, -0.15) is 0 Å². The number of nitrogens with zero attached hydrogens (tertiary/aromatic N) is 1. The molecule has 0 spiro atoms. The van der Waals surface area contributed by atoms with Crippen molar-refractivity contribution in [2.45, 2.75) is 13.0 Å². The number of hydrogen-bond acceptors (Lipinski definition) is 1. The zero-order valence-corrected chi connectivity index (χ0v) is 9.33. The second-order valence-corrected chi connectivity index (χ2v) is 3.21. The second kappa shape index (κ2) is 6.48. The van der Waals surface area contributed by atoms with Gasteiger partial charge in [-0.25, -0.2) is 0 Å². The van der Waals surface area contributed by atoms with Crippen molar-refractivity contribution in [3.63, 3.8) is 0 Å². The highest BCUT2D eigenvalue weighted by Crippen LogP contribution is 2.16. The lowest BCUT2D eigenvalue weighted by molar-refractivity contribution is -0.00000276. The standard InChI is InChI=1S/C12H15N.ClH/c1-4-10-13(3)11(2)12-8-6-5-7-9-12;/h1,5-9,11H,10H2,2-3H3;1H/p-1/t11-;/m1./s1. The van der Waals surface area contributed by atoms with Gasteiger partial charge in [0.05, 0.1) is 6.54 Å². The highest BCUT2D eigenvalue weighted by molar-refractivity contribution is 5.18. The molecule has 0 aliphatic heterocycles. The SMILES string of the molecule is C#CCN(C)[C@H](C)c1ccccc1.[Cl-]. The van der Waals surface area contributed by atoms with E-state index in [9.17, 15) is 0 Å². The molecule has 1 atom stereocenters. The molecule has 1 nitrogen and oxygen atoms in total. The third-order valence-corrected chi connectivity index (χ3v) is 2.28. The van der Waals surface area contributed by atoms with Gasteiger partial charge in [0.15, 0.2) is 0 Å². The molecule has 0 heterocycles. The summed E-state index contributed by atoms with van der Waals surface area (Å²) in [4.78, 5) is 2.15. The fourth-order valence-electron chi connectivity index (χ4n) is 1.27. The van der Waals surface area contributed by atoms with Crippen LogP contribution in [0.4, 0.5) is 0 Å². The van der Waals surface area contributed by atoms with Crippen molar-refractivity contribution in [2.24, 2.45) is 0 Å². The Bertz CT molecular complexity index is 289. The van der Waals surface area contributed by atoms with Crippen LogP contribution in [0.3, 0.4) is 0 Å². The molecule has 0 aliphatic rings.